The van der Waals surface area contributed by atoms with E-state index in [1.807, 2.05) is 0 Å². The number of para-hydroxylation sites is 1. The lowest BCUT2D eigenvalue weighted by Gasteiger charge is -2.11. The summed E-state index contributed by atoms with van der Waals surface area (Å²) in [5.74, 6) is -0.800. The van der Waals surface area contributed by atoms with Gasteiger partial charge in [0.25, 0.3) is 0 Å². The van der Waals surface area contributed by atoms with Crippen LogP contribution in [0.3, 0.4) is 0 Å². The van der Waals surface area contributed by atoms with Gasteiger partial charge < -0.3 is 11.1 Å². The van der Waals surface area contributed by atoms with E-state index in [0.29, 0.717) is 11.3 Å². The molecule has 3 N–H and O–H groups in total. The molecule has 2 aromatic carbocycles. The third kappa shape index (κ3) is 2.79. The summed E-state index contributed by atoms with van der Waals surface area (Å²) in [6.45, 7) is 0.163. The largest absolute Gasteiger partial charge is 0.397 e. The standard InChI is InChI=1S/C13H11BrF2N2/c14-9-4-5-10(15)8(6-9)7-18-13-11(16)2-1-3-12(13)17/h1-6,18H,7,17H2. The van der Waals surface area contributed by atoms with Crippen LogP contribution < -0.4 is 11.1 Å². The zero-order valence-corrected chi connectivity index (χ0v) is 11.0. The van der Waals surface area contributed by atoms with Crippen LogP contribution in [0.1, 0.15) is 5.56 Å². The Morgan fingerprint density at radius 1 is 1.11 bits per heavy atom. The third-order valence-corrected chi connectivity index (χ3v) is 3.00. The van der Waals surface area contributed by atoms with Gasteiger partial charge in [0, 0.05) is 16.6 Å². The van der Waals surface area contributed by atoms with Crippen LogP contribution in [0, 0.1) is 11.6 Å². The van der Waals surface area contributed by atoms with Crippen LogP contribution in [0.15, 0.2) is 40.9 Å². The molecule has 94 valence electrons. The molecule has 5 heteroatoms. The van der Waals surface area contributed by atoms with Gasteiger partial charge >= 0.3 is 0 Å². The topological polar surface area (TPSA) is 38.0 Å². The van der Waals surface area contributed by atoms with Crippen molar-refractivity contribution in [2.75, 3.05) is 11.1 Å². The number of nitrogen functional groups attached to an aromatic ring is 1. The number of halogens is 3. The molecule has 2 nitrogen and oxygen atoms in total. The molecule has 0 radical (unpaired) electrons. The van der Waals surface area contributed by atoms with Crippen molar-refractivity contribution in [3.05, 3.63) is 58.1 Å². The van der Waals surface area contributed by atoms with Gasteiger partial charge in [-0.05, 0) is 30.3 Å². The van der Waals surface area contributed by atoms with E-state index < -0.39 is 5.82 Å². The van der Waals surface area contributed by atoms with E-state index in [4.69, 9.17) is 5.73 Å². The molecule has 0 heterocycles. The molecular formula is C13H11BrF2N2. The lowest BCUT2D eigenvalue weighted by atomic mass is 10.2. The van der Waals surface area contributed by atoms with Gasteiger partial charge in [-0.2, -0.15) is 0 Å². The van der Waals surface area contributed by atoms with Crippen molar-refractivity contribution in [1.29, 1.82) is 0 Å². The number of nitrogens with one attached hydrogen (secondary N) is 1. The number of rotatable bonds is 3. The number of benzene rings is 2. The maximum atomic E-state index is 13.5. The first-order valence-electron chi connectivity index (χ1n) is 5.29. The number of hydrogen-bond donors (Lipinski definition) is 2. The van der Waals surface area contributed by atoms with Crippen LogP contribution in [-0.2, 0) is 6.54 Å². The summed E-state index contributed by atoms with van der Waals surface area (Å²) >= 11 is 3.26. The molecule has 0 unspecified atom stereocenters. The van der Waals surface area contributed by atoms with Crippen molar-refractivity contribution in [2.45, 2.75) is 6.54 Å². The van der Waals surface area contributed by atoms with E-state index in [1.165, 1.54) is 18.2 Å². The van der Waals surface area contributed by atoms with E-state index in [1.54, 1.807) is 18.2 Å². The Morgan fingerprint density at radius 3 is 2.61 bits per heavy atom. The first-order valence-corrected chi connectivity index (χ1v) is 6.09. The lowest BCUT2D eigenvalue weighted by molar-refractivity contribution is 0.610. The van der Waals surface area contributed by atoms with Crippen molar-refractivity contribution < 1.29 is 8.78 Å². The SMILES string of the molecule is Nc1cccc(F)c1NCc1cc(Br)ccc1F. The molecule has 0 bridgehead atoms. The van der Waals surface area contributed by atoms with Gasteiger partial charge in [0.05, 0.1) is 11.4 Å². The van der Waals surface area contributed by atoms with Gasteiger partial charge in [0.15, 0.2) is 0 Å². The molecular weight excluding hydrogens is 302 g/mol. The van der Waals surface area contributed by atoms with E-state index in [0.717, 1.165) is 4.47 Å². The maximum absolute atomic E-state index is 13.5. The number of anilines is 2. The molecule has 0 saturated carbocycles. The average molecular weight is 313 g/mol. The van der Waals surface area contributed by atoms with Crippen LogP contribution >= 0.6 is 15.9 Å². The zero-order valence-electron chi connectivity index (χ0n) is 9.38. The molecule has 2 rings (SSSR count). The minimum Gasteiger partial charge on any atom is -0.397 e. The van der Waals surface area contributed by atoms with Gasteiger partial charge in [-0.15, -0.1) is 0 Å². The quantitative estimate of drug-likeness (QED) is 0.843. The normalized spacial score (nSPS) is 10.4. The highest BCUT2D eigenvalue weighted by Crippen LogP contribution is 2.23. The molecule has 0 amide bonds. The first-order chi connectivity index (χ1) is 8.58. The van der Waals surface area contributed by atoms with E-state index >= 15 is 0 Å². The predicted molar refractivity (Wildman–Crippen MR) is 72.2 cm³/mol. The van der Waals surface area contributed by atoms with Crippen molar-refractivity contribution in [2.24, 2.45) is 0 Å². The zero-order chi connectivity index (χ0) is 13.1. The van der Waals surface area contributed by atoms with Crippen LogP contribution in [0.2, 0.25) is 0 Å². The second-order valence-corrected chi connectivity index (χ2v) is 4.71. The Hall–Kier alpha value is -1.62. The maximum Gasteiger partial charge on any atom is 0.148 e. The molecule has 0 aliphatic carbocycles. The van der Waals surface area contributed by atoms with Gasteiger partial charge in [0.2, 0.25) is 0 Å². The molecule has 0 aromatic heterocycles. The fraction of sp³-hybridized carbons (Fsp3) is 0.0769. The highest BCUT2D eigenvalue weighted by Gasteiger charge is 2.07. The predicted octanol–water partition coefficient (Wildman–Crippen LogP) is 3.92. The summed E-state index contributed by atoms with van der Waals surface area (Å²) in [6, 6.07) is 9.01. The smallest absolute Gasteiger partial charge is 0.148 e. The highest BCUT2D eigenvalue weighted by molar-refractivity contribution is 9.10. The Balaban J connectivity index is 2.19. The van der Waals surface area contributed by atoms with Gasteiger partial charge in [-0.1, -0.05) is 22.0 Å². The third-order valence-electron chi connectivity index (χ3n) is 2.51. The van der Waals surface area contributed by atoms with E-state index in [9.17, 15) is 8.78 Å². The summed E-state index contributed by atoms with van der Waals surface area (Å²) in [7, 11) is 0. The van der Waals surface area contributed by atoms with Gasteiger partial charge in [-0.3, -0.25) is 0 Å². The molecule has 0 fully saturated rings. The molecule has 18 heavy (non-hydrogen) atoms. The van der Waals surface area contributed by atoms with E-state index in [-0.39, 0.29) is 18.0 Å². The van der Waals surface area contributed by atoms with Crippen LogP contribution in [0.25, 0.3) is 0 Å². The van der Waals surface area contributed by atoms with Crippen LogP contribution in [-0.4, -0.2) is 0 Å². The summed E-state index contributed by atoms with van der Waals surface area (Å²) < 4.78 is 27.7. The summed E-state index contributed by atoms with van der Waals surface area (Å²) in [5, 5.41) is 2.80. The van der Waals surface area contributed by atoms with Crippen molar-refractivity contribution in [1.82, 2.24) is 0 Å². The molecule has 2 aromatic rings. The van der Waals surface area contributed by atoms with Crippen LogP contribution in [0.5, 0.6) is 0 Å². The highest BCUT2D eigenvalue weighted by atomic mass is 79.9. The second kappa shape index (κ2) is 5.35. The minimum absolute atomic E-state index is 0.163. The first kappa shape index (κ1) is 12.8. The molecule has 0 aliphatic heterocycles. The van der Waals surface area contributed by atoms with Crippen molar-refractivity contribution in [3.8, 4) is 0 Å². The summed E-state index contributed by atoms with van der Waals surface area (Å²) in [6.07, 6.45) is 0. The Morgan fingerprint density at radius 2 is 1.89 bits per heavy atom. The second-order valence-electron chi connectivity index (χ2n) is 3.79. The number of hydrogen-bond acceptors (Lipinski definition) is 2. The Kier molecular flexibility index (Phi) is 3.81. The van der Waals surface area contributed by atoms with Crippen molar-refractivity contribution in [3.63, 3.8) is 0 Å². The molecule has 0 atom stereocenters. The van der Waals surface area contributed by atoms with Gasteiger partial charge in [-0.25, -0.2) is 8.78 Å². The lowest BCUT2D eigenvalue weighted by Crippen LogP contribution is -2.06. The Bertz CT molecular complexity index is 553. The fourth-order valence-corrected chi connectivity index (χ4v) is 2.00. The molecule has 0 spiro atoms. The minimum atomic E-state index is -0.453. The molecule has 0 saturated heterocycles. The number of nitrogens with two attached hydrogens (primary N) is 1. The Labute approximate surface area is 112 Å². The monoisotopic (exact) mass is 312 g/mol. The average Bonchev–Trinajstić information content (AvgIpc) is 2.33. The van der Waals surface area contributed by atoms with Crippen molar-refractivity contribution >= 4 is 27.3 Å². The van der Waals surface area contributed by atoms with E-state index in [2.05, 4.69) is 21.2 Å². The van der Waals surface area contributed by atoms with Gasteiger partial charge in [0.1, 0.15) is 11.6 Å². The molecule has 0 aliphatic rings. The van der Waals surface area contributed by atoms with Crippen LogP contribution in [0.4, 0.5) is 20.2 Å². The fourth-order valence-electron chi connectivity index (χ4n) is 1.59. The summed E-state index contributed by atoms with van der Waals surface area (Å²) in [4.78, 5) is 0. The summed E-state index contributed by atoms with van der Waals surface area (Å²) in [5.41, 5.74) is 6.57.